The number of hydrogen-bond donors (Lipinski definition) is 1. The molecule has 1 heterocycles. The van der Waals surface area contributed by atoms with Crippen LogP contribution in [0.25, 0.3) is 11.1 Å². The first-order chi connectivity index (χ1) is 11.7. The number of oxazole rings is 1. The first kappa shape index (κ1) is 16.1. The van der Waals surface area contributed by atoms with E-state index in [1.54, 1.807) is 6.07 Å². The molecule has 124 valence electrons. The zero-order valence-electron chi connectivity index (χ0n) is 13.6. The van der Waals surface area contributed by atoms with Gasteiger partial charge in [0.15, 0.2) is 5.58 Å². The molecule has 24 heavy (non-hydrogen) atoms. The second kappa shape index (κ2) is 7.17. The third kappa shape index (κ3) is 3.56. The average Bonchev–Trinajstić information content (AvgIpc) is 2.93. The first-order valence-electron chi connectivity index (χ1n) is 8.10. The van der Waals surface area contributed by atoms with Crippen LogP contribution in [-0.2, 0) is 24.3 Å². The van der Waals surface area contributed by atoms with E-state index in [1.165, 1.54) is 10.1 Å². The summed E-state index contributed by atoms with van der Waals surface area (Å²) in [5.74, 6) is -0.522. The number of benzene rings is 2. The molecule has 5 nitrogen and oxygen atoms in total. The smallest absolute Gasteiger partial charge is 0.408 e. The summed E-state index contributed by atoms with van der Waals surface area (Å²) in [5, 5.41) is 2.88. The van der Waals surface area contributed by atoms with Crippen molar-refractivity contribution in [1.82, 2.24) is 9.88 Å². The maximum atomic E-state index is 12.0. The minimum absolute atomic E-state index is 0.0910. The Morgan fingerprint density at radius 3 is 2.54 bits per heavy atom. The van der Waals surface area contributed by atoms with Gasteiger partial charge in [-0.1, -0.05) is 43.3 Å². The molecule has 0 saturated carbocycles. The van der Waals surface area contributed by atoms with Crippen molar-refractivity contribution < 1.29 is 9.21 Å². The second-order valence-electron chi connectivity index (χ2n) is 5.68. The van der Waals surface area contributed by atoms with Gasteiger partial charge in [-0.2, -0.15) is 0 Å². The predicted octanol–water partition coefficient (Wildman–Crippen LogP) is 2.86. The molecule has 2 aromatic carbocycles. The predicted molar refractivity (Wildman–Crippen MR) is 92.8 cm³/mol. The Hall–Kier alpha value is -2.82. The van der Waals surface area contributed by atoms with Gasteiger partial charge in [0, 0.05) is 19.5 Å². The van der Waals surface area contributed by atoms with Crippen LogP contribution in [0.15, 0.2) is 57.7 Å². The third-order valence-corrected chi connectivity index (χ3v) is 4.06. The van der Waals surface area contributed by atoms with Crippen LogP contribution in [-0.4, -0.2) is 10.5 Å². The fraction of sp³-hybridized carbons (Fsp3) is 0.263. The Balaban J connectivity index is 1.57. The molecular formula is C19H20N2O3. The fourth-order valence-electron chi connectivity index (χ4n) is 2.62. The van der Waals surface area contributed by atoms with E-state index in [0.29, 0.717) is 24.2 Å². The molecule has 0 atom stereocenters. The second-order valence-corrected chi connectivity index (χ2v) is 5.68. The van der Waals surface area contributed by atoms with Crippen molar-refractivity contribution in [2.75, 3.05) is 0 Å². The largest absolute Gasteiger partial charge is 0.419 e. The van der Waals surface area contributed by atoms with Crippen LogP contribution in [0.2, 0.25) is 0 Å². The number of hydrogen-bond acceptors (Lipinski definition) is 3. The number of aryl methyl sites for hydroxylation is 2. The van der Waals surface area contributed by atoms with Gasteiger partial charge in [-0.05, 0) is 29.7 Å². The van der Waals surface area contributed by atoms with Crippen LogP contribution >= 0.6 is 0 Å². The Kier molecular flexibility index (Phi) is 4.79. The number of para-hydroxylation sites is 2. The molecule has 0 aliphatic carbocycles. The average molecular weight is 324 g/mol. The minimum atomic E-state index is -0.431. The van der Waals surface area contributed by atoms with Crippen molar-refractivity contribution >= 4 is 17.0 Å². The number of aromatic nitrogens is 1. The summed E-state index contributed by atoms with van der Waals surface area (Å²) >= 11 is 0. The first-order valence-corrected chi connectivity index (χ1v) is 8.10. The molecule has 0 fully saturated rings. The Morgan fingerprint density at radius 2 is 1.79 bits per heavy atom. The van der Waals surface area contributed by atoms with Crippen molar-refractivity contribution in [2.24, 2.45) is 0 Å². The zero-order valence-corrected chi connectivity index (χ0v) is 13.6. The summed E-state index contributed by atoms with van der Waals surface area (Å²) in [6.07, 6.45) is 1.23. The van der Waals surface area contributed by atoms with E-state index in [-0.39, 0.29) is 12.3 Å². The zero-order chi connectivity index (χ0) is 16.9. The van der Waals surface area contributed by atoms with E-state index in [2.05, 4.69) is 24.4 Å². The van der Waals surface area contributed by atoms with Crippen molar-refractivity contribution in [1.29, 1.82) is 0 Å². The molecule has 0 spiro atoms. The summed E-state index contributed by atoms with van der Waals surface area (Å²) in [4.78, 5) is 23.9. The van der Waals surface area contributed by atoms with Crippen molar-refractivity contribution in [2.45, 2.75) is 32.9 Å². The van der Waals surface area contributed by atoms with Gasteiger partial charge in [0.2, 0.25) is 5.91 Å². The monoisotopic (exact) mass is 324 g/mol. The van der Waals surface area contributed by atoms with E-state index < -0.39 is 5.76 Å². The molecule has 0 aliphatic heterocycles. The molecule has 1 N–H and O–H groups in total. The topological polar surface area (TPSA) is 64.2 Å². The molecule has 0 radical (unpaired) electrons. The van der Waals surface area contributed by atoms with E-state index >= 15 is 0 Å². The maximum absolute atomic E-state index is 12.0. The Labute approximate surface area is 139 Å². The number of rotatable bonds is 6. The minimum Gasteiger partial charge on any atom is -0.408 e. The number of fused-ring (bicyclic) bond motifs is 1. The van der Waals surface area contributed by atoms with Crippen molar-refractivity contribution in [3.8, 4) is 0 Å². The highest BCUT2D eigenvalue weighted by Gasteiger charge is 2.10. The van der Waals surface area contributed by atoms with Crippen LogP contribution < -0.4 is 11.1 Å². The number of amides is 1. The number of nitrogens with one attached hydrogen (secondary N) is 1. The molecule has 0 unspecified atom stereocenters. The SMILES string of the molecule is CCc1ccc(CNC(=O)CCn2c(=O)oc3ccccc32)cc1. The third-order valence-electron chi connectivity index (χ3n) is 4.06. The summed E-state index contributed by atoms with van der Waals surface area (Å²) in [7, 11) is 0. The van der Waals surface area contributed by atoms with Crippen LogP contribution in [0.1, 0.15) is 24.5 Å². The number of nitrogens with zero attached hydrogens (tertiary/aromatic N) is 1. The van der Waals surface area contributed by atoms with E-state index in [1.807, 2.05) is 30.3 Å². The maximum Gasteiger partial charge on any atom is 0.419 e. The van der Waals surface area contributed by atoms with Gasteiger partial charge >= 0.3 is 5.76 Å². The van der Waals surface area contributed by atoms with Crippen molar-refractivity contribution in [3.05, 3.63) is 70.2 Å². The normalized spacial score (nSPS) is 10.9. The van der Waals surface area contributed by atoms with Gasteiger partial charge in [-0.25, -0.2) is 4.79 Å². The number of carbonyl (C=O) groups excluding carboxylic acids is 1. The highest BCUT2D eigenvalue weighted by atomic mass is 16.4. The van der Waals surface area contributed by atoms with Gasteiger partial charge in [0.25, 0.3) is 0 Å². The molecule has 0 aliphatic rings. The van der Waals surface area contributed by atoms with Gasteiger partial charge < -0.3 is 9.73 Å². The van der Waals surface area contributed by atoms with Gasteiger partial charge in [0.1, 0.15) is 0 Å². The quantitative estimate of drug-likeness (QED) is 0.758. The fourth-order valence-corrected chi connectivity index (χ4v) is 2.62. The van der Waals surface area contributed by atoms with E-state index in [0.717, 1.165) is 12.0 Å². The van der Waals surface area contributed by atoms with E-state index in [4.69, 9.17) is 4.42 Å². The Bertz CT molecular complexity index is 891. The Morgan fingerprint density at radius 1 is 1.08 bits per heavy atom. The molecule has 0 saturated heterocycles. The lowest BCUT2D eigenvalue weighted by Gasteiger charge is -2.06. The van der Waals surface area contributed by atoms with Crippen LogP contribution in [0, 0.1) is 0 Å². The van der Waals surface area contributed by atoms with Crippen LogP contribution in [0.5, 0.6) is 0 Å². The summed E-state index contributed by atoms with van der Waals surface area (Å²) < 4.78 is 6.65. The standard InChI is InChI=1S/C19H20N2O3/c1-2-14-7-9-15(10-8-14)13-20-18(22)11-12-21-16-5-3-4-6-17(16)24-19(21)23/h3-10H,2,11-13H2,1H3,(H,20,22). The summed E-state index contributed by atoms with van der Waals surface area (Å²) in [6.45, 7) is 2.90. The van der Waals surface area contributed by atoms with Crippen LogP contribution in [0.3, 0.4) is 0 Å². The van der Waals surface area contributed by atoms with E-state index in [9.17, 15) is 9.59 Å². The lowest BCUT2D eigenvalue weighted by Crippen LogP contribution is -2.25. The summed E-state index contributed by atoms with van der Waals surface area (Å²) in [5.41, 5.74) is 3.59. The molecular weight excluding hydrogens is 304 g/mol. The molecule has 1 aromatic heterocycles. The van der Waals surface area contributed by atoms with Gasteiger partial charge in [0.05, 0.1) is 5.52 Å². The number of carbonyl (C=O) groups is 1. The van der Waals surface area contributed by atoms with Gasteiger partial charge in [-0.15, -0.1) is 0 Å². The molecule has 3 rings (SSSR count). The highest BCUT2D eigenvalue weighted by Crippen LogP contribution is 2.12. The molecule has 3 aromatic rings. The molecule has 0 bridgehead atoms. The molecule has 5 heteroatoms. The molecule has 1 amide bonds. The van der Waals surface area contributed by atoms with Gasteiger partial charge in [-0.3, -0.25) is 9.36 Å². The van der Waals surface area contributed by atoms with Crippen molar-refractivity contribution in [3.63, 3.8) is 0 Å². The highest BCUT2D eigenvalue weighted by molar-refractivity contribution is 5.76. The van der Waals surface area contributed by atoms with Crippen LogP contribution in [0.4, 0.5) is 0 Å². The lowest BCUT2D eigenvalue weighted by atomic mass is 10.1. The summed E-state index contributed by atoms with van der Waals surface area (Å²) in [6, 6.07) is 15.4. The lowest BCUT2D eigenvalue weighted by molar-refractivity contribution is -0.121.